The van der Waals surface area contributed by atoms with Crippen molar-refractivity contribution >= 4 is 23.2 Å². The number of rotatable bonds is 4. The van der Waals surface area contributed by atoms with Crippen LogP contribution >= 0.6 is 23.2 Å². The van der Waals surface area contributed by atoms with E-state index in [1.165, 1.54) is 0 Å². The average molecular weight is 233 g/mol. The molecule has 1 rings (SSSR count). The van der Waals surface area contributed by atoms with Crippen molar-refractivity contribution in [2.75, 3.05) is 13.1 Å². The molecule has 0 bridgehead atoms. The van der Waals surface area contributed by atoms with Crippen LogP contribution in [0.3, 0.4) is 0 Å². The van der Waals surface area contributed by atoms with Crippen LogP contribution in [0.15, 0.2) is 18.2 Å². The number of nitrogens with one attached hydrogen (secondary N) is 1. The molecule has 0 saturated heterocycles. The van der Waals surface area contributed by atoms with Crippen LogP contribution in [0.25, 0.3) is 0 Å². The molecule has 0 aromatic heterocycles. The summed E-state index contributed by atoms with van der Waals surface area (Å²) in [4.78, 5) is 0. The molecule has 0 aliphatic carbocycles. The molecule has 0 aliphatic rings. The lowest BCUT2D eigenvalue weighted by molar-refractivity contribution is 0.582. The summed E-state index contributed by atoms with van der Waals surface area (Å²) in [6, 6.07) is 5.81. The molecule has 78 valence electrons. The molecule has 0 heterocycles. The van der Waals surface area contributed by atoms with Gasteiger partial charge in [0, 0.05) is 19.1 Å². The second-order valence-corrected chi connectivity index (χ2v) is 3.89. The maximum atomic E-state index is 6.06. The highest BCUT2D eigenvalue weighted by atomic mass is 35.5. The largest absolute Gasteiger partial charge is 0.329 e. The number of nitrogens with two attached hydrogens (primary N) is 1. The van der Waals surface area contributed by atoms with Gasteiger partial charge in [0.15, 0.2) is 0 Å². The van der Waals surface area contributed by atoms with E-state index in [-0.39, 0.29) is 6.04 Å². The van der Waals surface area contributed by atoms with E-state index in [0.29, 0.717) is 16.6 Å². The smallest absolute Gasteiger partial charge is 0.0639 e. The normalized spacial score (nSPS) is 12.9. The molecule has 0 unspecified atom stereocenters. The molecule has 0 amide bonds. The van der Waals surface area contributed by atoms with E-state index >= 15 is 0 Å². The molecule has 0 spiro atoms. The monoisotopic (exact) mass is 232 g/mol. The maximum Gasteiger partial charge on any atom is 0.0639 e. The summed E-state index contributed by atoms with van der Waals surface area (Å²) >= 11 is 12.0. The van der Waals surface area contributed by atoms with E-state index in [2.05, 4.69) is 5.32 Å². The maximum absolute atomic E-state index is 6.06. The van der Waals surface area contributed by atoms with E-state index in [1.54, 1.807) is 6.07 Å². The second kappa shape index (κ2) is 5.56. The fraction of sp³-hybridized carbons (Fsp3) is 0.400. The van der Waals surface area contributed by atoms with Gasteiger partial charge in [-0.3, -0.25) is 0 Å². The van der Waals surface area contributed by atoms with Crippen LogP contribution in [0.4, 0.5) is 0 Å². The quantitative estimate of drug-likeness (QED) is 0.838. The summed E-state index contributed by atoms with van der Waals surface area (Å²) in [6.45, 7) is 3.42. The molecule has 4 heteroatoms. The van der Waals surface area contributed by atoms with E-state index < -0.39 is 0 Å². The zero-order valence-corrected chi connectivity index (χ0v) is 9.57. The summed E-state index contributed by atoms with van der Waals surface area (Å²) in [6.07, 6.45) is 0. The van der Waals surface area contributed by atoms with Crippen LogP contribution in [-0.2, 0) is 0 Å². The van der Waals surface area contributed by atoms with Crippen molar-refractivity contribution < 1.29 is 0 Å². The Morgan fingerprint density at radius 2 is 2.14 bits per heavy atom. The Labute approximate surface area is 94.4 Å². The Morgan fingerprint density at radius 3 is 2.79 bits per heavy atom. The van der Waals surface area contributed by atoms with Crippen molar-refractivity contribution in [3.63, 3.8) is 0 Å². The van der Waals surface area contributed by atoms with Gasteiger partial charge in [-0.05, 0) is 18.6 Å². The number of benzene rings is 1. The lowest BCUT2D eigenvalue weighted by Gasteiger charge is -2.15. The number of hydrogen-bond acceptors (Lipinski definition) is 2. The lowest BCUT2D eigenvalue weighted by Crippen LogP contribution is -2.25. The van der Waals surface area contributed by atoms with E-state index in [1.807, 2.05) is 19.1 Å². The second-order valence-electron chi connectivity index (χ2n) is 3.11. The van der Waals surface area contributed by atoms with Gasteiger partial charge in [0.05, 0.1) is 10.0 Å². The molecule has 0 aliphatic heterocycles. The third-order valence-corrected chi connectivity index (χ3v) is 2.88. The lowest BCUT2D eigenvalue weighted by atomic mass is 10.1. The van der Waals surface area contributed by atoms with Gasteiger partial charge in [-0.1, -0.05) is 35.3 Å². The fourth-order valence-corrected chi connectivity index (χ4v) is 1.74. The van der Waals surface area contributed by atoms with E-state index in [0.717, 1.165) is 12.1 Å². The summed E-state index contributed by atoms with van der Waals surface area (Å²) in [5.74, 6) is 0. The highest BCUT2D eigenvalue weighted by molar-refractivity contribution is 6.42. The van der Waals surface area contributed by atoms with Gasteiger partial charge in [-0.25, -0.2) is 0 Å². The van der Waals surface area contributed by atoms with Gasteiger partial charge in [-0.15, -0.1) is 0 Å². The molecule has 14 heavy (non-hydrogen) atoms. The van der Waals surface area contributed by atoms with Crippen LogP contribution in [0.2, 0.25) is 10.0 Å². The predicted molar refractivity (Wildman–Crippen MR) is 61.9 cm³/mol. The van der Waals surface area contributed by atoms with Crippen molar-refractivity contribution in [1.29, 1.82) is 0 Å². The molecule has 0 radical (unpaired) electrons. The van der Waals surface area contributed by atoms with Gasteiger partial charge in [0.2, 0.25) is 0 Å². The first kappa shape index (κ1) is 11.8. The Kier molecular flexibility index (Phi) is 4.69. The molecular formula is C10H14Cl2N2. The zero-order valence-electron chi connectivity index (χ0n) is 8.06. The number of hydrogen-bond donors (Lipinski definition) is 2. The van der Waals surface area contributed by atoms with E-state index in [9.17, 15) is 0 Å². The van der Waals surface area contributed by atoms with Crippen LogP contribution in [0, 0.1) is 0 Å². The summed E-state index contributed by atoms with van der Waals surface area (Å²) in [5, 5.41) is 4.45. The van der Waals surface area contributed by atoms with Gasteiger partial charge < -0.3 is 11.1 Å². The fourth-order valence-electron chi connectivity index (χ4n) is 1.26. The van der Waals surface area contributed by atoms with Gasteiger partial charge in [0.1, 0.15) is 0 Å². The Bertz CT molecular complexity index is 302. The first-order valence-electron chi connectivity index (χ1n) is 4.54. The highest BCUT2D eigenvalue weighted by Gasteiger charge is 2.10. The summed E-state index contributed by atoms with van der Waals surface area (Å²) in [7, 11) is 0. The van der Waals surface area contributed by atoms with E-state index in [4.69, 9.17) is 28.9 Å². The molecule has 0 saturated carbocycles. The van der Waals surface area contributed by atoms with Crippen molar-refractivity contribution in [2.24, 2.45) is 5.73 Å². The standard InChI is InChI=1S/C10H14Cl2N2/c1-7(14-6-5-13)8-3-2-4-9(11)10(8)12/h2-4,7,14H,5-6,13H2,1H3/t7-/m1/s1. The first-order chi connectivity index (χ1) is 6.66. The molecule has 1 atom stereocenters. The minimum Gasteiger partial charge on any atom is -0.329 e. The van der Waals surface area contributed by atoms with Gasteiger partial charge in [0.25, 0.3) is 0 Å². The third-order valence-electron chi connectivity index (χ3n) is 2.04. The third kappa shape index (κ3) is 2.85. The van der Waals surface area contributed by atoms with Crippen LogP contribution in [-0.4, -0.2) is 13.1 Å². The van der Waals surface area contributed by atoms with Crippen LogP contribution in [0.5, 0.6) is 0 Å². The van der Waals surface area contributed by atoms with Crippen molar-refractivity contribution in [2.45, 2.75) is 13.0 Å². The van der Waals surface area contributed by atoms with Crippen molar-refractivity contribution in [1.82, 2.24) is 5.32 Å². The Morgan fingerprint density at radius 1 is 1.43 bits per heavy atom. The van der Waals surface area contributed by atoms with Gasteiger partial charge >= 0.3 is 0 Å². The average Bonchev–Trinajstić information content (AvgIpc) is 2.18. The zero-order chi connectivity index (χ0) is 10.6. The minimum absolute atomic E-state index is 0.171. The summed E-state index contributed by atoms with van der Waals surface area (Å²) < 4.78 is 0. The molecule has 3 N–H and O–H groups in total. The summed E-state index contributed by atoms with van der Waals surface area (Å²) in [5.41, 5.74) is 6.41. The number of halogens is 2. The topological polar surface area (TPSA) is 38.0 Å². The molecule has 1 aromatic rings. The minimum atomic E-state index is 0.171. The first-order valence-corrected chi connectivity index (χ1v) is 5.29. The van der Waals surface area contributed by atoms with Crippen molar-refractivity contribution in [3.8, 4) is 0 Å². The predicted octanol–water partition coefficient (Wildman–Crippen LogP) is 2.60. The molecular weight excluding hydrogens is 219 g/mol. The van der Waals surface area contributed by atoms with Crippen molar-refractivity contribution in [3.05, 3.63) is 33.8 Å². The highest BCUT2D eigenvalue weighted by Crippen LogP contribution is 2.29. The molecule has 1 aromatic carbocycles. The molecule has 2 nitrogen and oxygen atoms in total. The Hall–Kier alpha value is -0.280. The molecule has 0 fully saturated rings. The SMILES string of the molecule is C[C@@H](NCCN)c1cccc(Cl)c1Cl. The van der Waals surface area contributed by atoms with Gasteiger partial charge in [-0.2, -0.15) is 0 Å². The Balaban J connectivity index is 2.79. The van der Waals surface area contributed by atoms with Crippen LogP contribution < -0.4 is 11.1 Å². The van der Waals surface area contributed by atoms with Crippen LogP contribution in [0.1, 0.15) is 18.5 Å².